The van der Waals surface area contributed by atoms with E-state index in [9.17, 15) is 9.59 Å². The molecule has 0 aliphatic rings. The number of rotatable bonds is 3. The molecule has 4 nitrogen and oxygen atoms in total. The summed E-state index contributed by atoms with van der Waals surface area (Å²) in [4.78, 5) is 28.6. The lowest BCUT2D eigenvalue weighted by Crippen LogP contribution is -1.99. The van der Waals surface area contributed by atoms with Crippen LogP contribution in [-0.2, 0) is 0 Å². The Hall–Kier alpha value is -2.30. The molecule has 0 amide bonds. The fourth-order valence-corrected chi connectivity index (χ4v) is 2.56. The van der Waals surface area contributed by atoms with E-state index in [-0.39, 0.29) is 11.5 Å². The van der Waals surface area contributed by atoms with Gasteiger partial charge in [-0.1, -0.05) is 29.3 Å². The number of nitrogens with one attached hydrogen (secondary N) is 2. The second kappa shape index (κ2) is 5.83. The lowest BCUT2D eigenvalue weighted by molar-refractivity contribution is 0.104. The molecule has 6 heteroatoms. The number of H-pyrrole nitrogens is 2. The molecule has 110 valence electrons. The van der Waals surface area contributed by atoms with E-state index in [1.54, 1.807) is 42.5 Å². The van der Waals surface area contributed by atoms with Crippen LogP contribution in [0.5, 0.6) is 0 Å². The molecule has 0 unspecified atom stereocenters. The largest absolute Gasteiger partial charge is 0.323 e. The van der Waals surface area contributed by atoms with Gasteiger partial charge in [-0.05, 0) is 48.0 Å². The predicted molar refractivity (Wildman–Crippen MR) is 88.7 cm³/mol. The molecule has 0 saturated carbocycles. The molecular formula is C16H10Cl2N2O2. The number of allylic oxidation sites excluding steroid dienone is 1. The van der Waals surface area contributed by atoms with Gasteiger partial charge >= 0.3 is 5.69 Å². The SMILES string of the molecule is O=C(/C=C/c1ccc(Cl)cc1Cl)c1ccc2[nH]c(=O)[nH]c2c1. The number of aromatic nitrogens is 2. The van der Waals surface area contributed by atoms with Crippen LogP contribution in [0.25, 0.3) is 17.1 Å². The summed E-state index contributed by atoms with van der Waals surface area (Å²) in [5.74, 6) is -0.185. The molecule has 3 rings (SSSR count). The summed E-state index contributed by atoms with van der Waals surface area (Å²) < 4.78 is 0. The van der Waals surface area contributed by atoms with Gasteiger partial charge in [0.25, 0.3) is 0 Å². The first-order valence-electron chi connectivity index (χ1n) is 6.42. The third kappa shape index (κ3) is 2.98. The number of carbonyl (C=O) groups excluding carboxylic acids is 1. The van der Waals surface area contributed by atoms with Crippen molar-refractivity contribution in [3.05, 3.63) is 74.1 Å². The van der Waals surface area contributed by atoms with Crippen LogP contribution >= 0.6 is 23.2 Å². The van der Waals surface area contributed by atoms with Gasteiger partial charge in [-0.3, -0.25) is 4.79 Å². The number of hydrogen-bond donors (Lipinski definition) is 2. The average Bonchev–Trinajstić information content (AvgIpc) is 2.85. The van der Waals surface area contributed by atoms with Gasteiger partial charge in [0.2, 0.25) is 0 Å². The zero-order chi connectivity index (χ0) is 15.7. The van der Waals surface area contributed by atoms with E-state index in [0.717, 1.165) is 0 Å². The molecule has 0 radical (unpaired) electrons. The standard InChI is InChI=1S/C16H10Cl2N2O2/c17-11-4-1-9(12(18)8-11)3-6-15(21)10-2-5-13-14(7-10)20-16(22)19-13/h1-8H,(H2,19,20,22)/b6-3+. The summed E-state index contributed by atoms with van der Waals surface area (Å²) in [5.41, 5.74) is 2.13. The third-order valence-electron chi connectivity index (χ3n) is 3.18. The van der Waals surface area contributed by atoms with Gasteiger partial charge < -0.3 is 9.97 Å². The zero-order valence-electron chi connectivity index (χ0n) is 11.2. The van der Waals surface area contributed by atoms with Gasteiger partial charge in [-0.25, -0.2) is 4.79 Å². The van der Waals surface area contributed by atoms with Crippen molar-refractivity contribution in [1.82, 2.24) is 9.97 Å². The molecule has 0 atom stereocenters. The van der Waals surface area contributed by atoms with Gasteiger partial charge in [0, 0.05) is 15.6 Å². The van der Waals surface area contributed by atoms with Gasteiger partial charge in [-0.15, -0.1) is 0 Å². The molecule has 22 heavy (non-hydrogen) atoms. The Kier molecular flexibility index (Phi) is 3.88. The van der Waals surface area contributed by atoms with Gasteiger partial charge in [0.05, 0.1) is 11.0 Å². The first kappa shape index (κ1) is 14.6. The summed E-state index contributed by atoms with van der Waals surface area (Å²) >= 11 is 11.9. The Morgan fingerprint density at radius 2 is 1.77 bits per heavy atom. The first-order chi connectivity index (χ1) is 10.5. The number of aromatic amines is 2. The number of fused-ring (bicyclic) bond motifs is 1. The van der Waals surface area contributed by atoms with Crippen molar-refractivity contribution in [3.8, 4) is 0 Å². The number of carbonyl (C=O) groups is 1. The Morgan fingerprint density at radius 1 is 1.00 bits per heavy atom. The van der Waals surface area contributed by atoms with Gasteiger partial charge in [0.1, 0.15) is 0 Å². The van der Waals surface area contributed by atoms with E-state index in [1.165, 1.54) is 6.08 Å². The number of imidazole rings is 1. The second-order valence-corrected chi connectivity index (χ2v) is 5.55. The van der Waals surface area contributed by atoms with E-state index in [1.807, 2.05) is 0 Å². The molecule has 1 aromatic heterocycles. The zero-order valence-corrected chi connectivity index (χ0v) is 12.7. The fraction of sp³-hybridized carbons (Fsp3) is 0. The van der Waals surface area contributed by atoms with Crippen LogP contribution in [0.1, 0.15) is 15.9 Å². The highest BCUT2D eigenvalue weighted by Gasteiger charge is 2.06. The van der Waals surface area contributed by atoms with Crippen molar-refractivity contribution >= 4 is 46.1 Å². The summed E-state index contributed by atoms with van der Waals surface area (Å²) in [6, 6.07) is 10.0. The predicted octanol–water partition coefficient (Wildman–Crippen LogP) is 4.06. The summed E-state index contributed by atoms with van der Waals surface area (Å²) in [5, 5.41) is 1.01. The van der Waals surface area contributed by atoms with Crippen molar-refractivity contribution < 1.29 is 4.79 Å². The van der Waals surface area contributed by atoms with Crippen LogP contribution in [0.4, 0.5) is 0 Å². The molecule has 3 aromatic rings. The maximum absolute atomic E-state index is 12.2. The second-order valence-electron chi connectivity index (χ2n) is 4.70. The Morgan fingerprint density at radius 3 is 2.55 bits per heavy atom. The lowest BCUT2D eigenvalue weighted by atomic mass is 10.1. The average molecular weight is 333 g/mol. The molecule has 0 fully saturated rings. The van der Waals surface area contributed by atoms with E-state index in [2.05, 4.69) is 9.97 Å². The van der Waals surface area contributed by atoms with Crippen molar-refractivity contribution in [2.24, 2.45) is 0 Å². The Bertz CT molecular complexity index is 954. The van der Waals surface area contributed by atoms with Crippen LogP contribution in [-0.4, -0.2) is 15.8 Å². The maximum Gasteiger partial charge on any atom is 0.323 e. The van der Waals surface area contributed by atoms with Crippen molar-refractivity contribution in [2.45, 2.75) is 0 Å². The minimum atomic E-state index is -0.303. The topological polar surface area (TPSA) is 65.7 Å². The van der Waals surface area contributed by atoms with Crippen LogP contribution in [0, 0.1) is 0 Å². The Labute approximate surface area is 135 Å². The molecule has 0 saturated heterocycles. The van der Waals surface area contributed by atoms with Crippen molar-refractivity contribution in [3.63, 3.8) is 0 Å². The number of halogens is 2. The van der Waals surface area contributed by atoms with Crippen LogP contribution < -0.4 is 5.69 Å². The van der Waals surface area contributed by atoms with Crippen LogP contribution in [0.2, 0.25) is 10.0 Å². The van der Waals surface area contributed by atoms with Gasteiger partial charge in [-0.2, -0.15) is 0 Å². The summed E-state index contributed by atoms with van der Waals surface area (Å²) in [6.45, 7) is 0. The summed E-state index contributed by atoms with van der Waals surface area (Å²) in [7, 11) is 0. The highest BCUT2D eigenvalue weighted by molar-refractivity contribution is 6.35. The van der Waals surface area contributed by atoms with E-state index in [0.29, 0.717) is 32.2 Å². The van der Waals surface area contributed by atoms with Crippen LogP contribution in [0.15, 0.2) is 47.3 Å². The normalized spacial score (nSPS) is 11.4. The molecular weight excluding hydrogens is 323 g/mol. The molecule has 2 aromatic carbocycles. The number of benzene rings is 2. The quantitative estimate of drug-likeness (QED) is 0.561. The highest BCUT2D eigenvalue weighted by Crippen LogP contribution is 2.22. The van der Waals surface area contributed by atoms with Gasteiger partial charge in [0.15, 0.2) is 5.78 Å². The van der Waals surface area contributed by atoms with Crippen LogP contribution in [0.3, 0.4) is 0 Å². The fourth-order valence-electron chi connectivity index (χ4n) is 2.08. The summed E-state index contributed by atoms with van der Waals surface area (Å²) in [6.07, 6.45) is 3.06. The van der Waals surface area contributed by atoms with E-state index >= 15 is 0 Å². The number of ketones is 1. The molecule has 1 heterocycles. The van der Waals surface area contributed by atoms with E-state index in [4.69, 9.17) is 23.2 Å². The molecule has 0 aliphatic carbocycles. The maximum atomic E-state index is 12.2. The third-order valence-corrected chi connectivity index (χ3v) is 3.74. The lowest BCUT2D eigenvalue weighted by Gasteiger charge is -1.99. The van der Waals surface area contributed by atoms with Crippen molar-refractivity contribution in [1.29, 1.82) is 0 Å². The monoisotopic (exact) mass is 332 g/mol. The molecule has 0 spiro atoms. The highest BCUT2D eigenvalue weighted by atomic mass is 35.5. The minimum absolute atomic E-state index is 0.185. The molecule has 0 bridgehead atoms. The number of hydrogen-bond acceptors (Lipinski definition) is 2. The van der Waals surface area contributed by atoms with Crippen molar-refractivity contribution in [2.75, 3.05) is 0 Å². The van der Waals surface area contributed by atoms with E-state index < -0.39 is 0 Å². The first-order valence-corrected chi connectivity index (χ1v) is 7.18. The Balaban J connectivity index is 1.88. The molecule has 2 N–H and O–H groups in total. The smallest absolute Gasteiger partial charge is 0.306 e. The minimum Gasteiger partial charge on any atom is -0.306 e. The molecule has 0 aliphatic heterocycles.